The molecule has 0 aromatic heterocycles. The van der Waals surface area contributed by atoms with E-state index >= 15 is 0 Å². The van der Waals surface area contributed by atoms with Crippen molar-refractivity contribution < 1.29 is 0 Å². The van der Waals surface area contributed by atoms with Gasteiger partial charge in [-0.2, -0.15) is 0 Å². The molecule has 0 radical (unpaired) electrons. The zero-order valence-corrected chi connectivity index (χ0v) is 8.24. The second-order valence-corrected chi connectivity index (χ2v) is 3.15. The van der Waals surface area contributed by atoms with Gasteiger partial charge in [-0.1, -0.05) is 31.9 Å². The summed E-state index contributed by atoms with van der Waals surface area (Å²) in [5, 5.41) is 0. The van der Waals surface area contributed by atoms with Crippen molar-refractivity contribution in [3.8, 4) is 0 Å². The summed E-state index contributed by atoms with van der Waals surface area (Å²) in [5.74, 6) is 0.824. The van der Waals surface area contributed by atoms with Crippen molar-refractivity contribution >= 4 is 11.6 Å². The van der Waals surface area contributed by atoms with Gasteiger partial charge in [0.25, 0.3) is 0 Å². The molecule has 0 aromatic rings. The average Bonchev–Trinajstić information content (AvgIpc) is 2.03. The van der Waals surface area contributed by atoms with Gasteiger partial charge in [-0.25, -0.2) is 0 Å². The number of allylic oxidation sites excluding steroid dienone is 2. The maximum Gasteiger partial charge on any atom is 0.0223 e. The van der Waals surface area contributed by atoms with Crippen LogP contribution in [0.15, 0.2) is 12.2 Å². The maximum atomic E-state index is 5.55. The summed E-state index contributed by atoms with van der Waals surface area (Å²) in [6, 6.07) is 0. The summed E-state index contributed by atoms with van der Waals surface area (Å²) in [6.45, 7) is 2.17. The molecule has 0 saturated carbocycles. The zero-order chi connectivity index (χ0) is 8.36. The molecule has 0 bridgehead atoms. The molecular weight excluding hydrogens is 156 g/mol. The molecule has 1 heteroatoms. The molecule has 0 atom stereocenters. The highest BCUT2D eigenvalue weighted by atomic mass is 35.5. The third-order valence-electron chi connectivity index (χ3n) is 1.66. The molecule has 66 valence electrons. The number of halogens is 1. The molecule has 0 fully saturated rings. The Kier molecular flexibility index (Phi) is 10.1. The molecule has 0 aromatic carbocycles. The van der Waals surface area contributed by atoms with Crippen LogP contribution in [0, 0.1) is 0 Å². The van der Waals surface area contributed by atoms with Crippen LogP contribution < -0.4 is 0 Å². The summed E-state index contributed by atoms with van der Waals surface area (Å²) in [5.41, 5.74) is 0. The Morgan fingerprint density at radius 3 is 2.36 bits per heavy atom. The van der Waals surface area contributed by atoms with E-state index in [1.165, 1.54) is 38.5 Å². The van der Waals surface area contributed by atoms with Crippen LogP contribution in [-0.2, 0) is 0 Å². The van der Waals surface area contributed by atoms with Gasteiger partial charge in [0.05, 0.1) is 0 Å². The van der Waals surface area contributed by atoms with Crippen LogP contribution in [0.2, 0.25) is 0 Å². The third kappa shape index (κ3) is 10.0. The Hall–Kier alpha value is 0.0300. The van der Waals surface area contributed by atoms with E-state index in [0.29, 0.717) is 0 Å². The predicted octanol–water partition coefficient (Wildman–Crippen LogP) is 4.14. The molecule has 0 N–H and O–H groups in total. The highest BCUT2D eigenvalue weighted by molar-refractivity contribution is 6.17. The van der Waals surface area contributed by atoms with E-state index < -0.39 is 0 Å². The topological polar surface area (TPSA) is 0 Å². The Morgan fingerprint density at radius 1 is 1.00 bits per heavy atom. The quantitative estimate of drug-likeness (QED) is 0.309. The SMILES string of the molecule is CC/C=C\CCCCCCCl. The summed E-state index contributed by atoms with van der Waals surface area (Å²) in [6.07, 6.45) is 12.1. The minimum atomic E-state index is 0.824. The first-order valence-corrected chi connectivity index (χ1v) is 5.16. The molecule has 0 nitrogen and oxygen atoms in total. The first-order valence-electron chi connectivity index (χ1n) is 4.62. The van der Waals surface area contributed by atoms with Crippen molar-refractivity contribution in [3.05, 3.63) is 12.2 Å². The average molecular weight is 175 g/mol. The zero-order valence-electron chi connectivity index (χ0n) is 7.48. The highest BCUT2D eigenvalue weighted by Crippen LogP contribution is 2.04. The molecule has 0 spiro atoms. The monoisotopic (exact) mass is 174 g/mol. The molecule has 0 unspecified atom stereocenters. The van der Waals surface area contributed by atoms with Crippen molar-refractivity contribution in [1.29, 1.82) is 0 Å². The van der Waals surface area contributed by atoms with E-state index in [4.69, 9.17) is 11.6 Å². The van der Waals surface area contributed by atoms with Gasteiger partial charge in [0.1, 0.15) is 0 Å². The van der Waals surface area contributed by atoms with Crippen molar-refractivity contribution in [3.63, 3.8) is 0 Å². The number of alkyl halides is 1. The van der Waals surface area contributed by atoms with Gasteiger partial charge in [0.2, 0.25) is 0 Å². The van der Waals surface area contributed by atoms with Gasteiger partial charge in [-0.05, 0) is 25.7 Å². The Labute approximate surface area is 75.6 Å². The van der Waals surface area contributed by atoms with Crippen molar-refractivity contribution in [2.45, 2.75) is 45.4 Å². The van der Waals surface area contributed by atoms with Gasteiger partial charge >= 0.3 is 0 Å². The molecule has 0 rings (SSSR count). The van der Waals surface area contributed by atoms with Gasteiger partial charge < -0.3 is 0 Å². The highest BCUT2D eigenvalue weighted by Gasteiger charge is 1.86. The lowest BCUT2D eigenvalue weighted by Gasteiger charge is -1.94. The molecule has 0 aliphatic rings. The van der Waals surface area contributed by atoms with Gasteiger partial charge in [0.15, 0.2) is 0 Å². The van der Waals surface area contributed by atoms with Crippen molar-refractivity contribution in [1.82, 2.24) is 0 Å². The molecule has 0 heterocycles. The molecule has 11 heavy (non-hydrogen) atoms. The molecule has 0 aliphatic heterocycles. The third-order valence-corrected chi connectivity index (χ3v) is 1.92. The van der Waals surface area contributed by atoms with E-state index in [1.807, 2.05) is 0 Å². The summed E-state index contributed by atoms with van der Waals surface area (Å²) >= 11 is 5.55. The predicted molar refractivity (Wildman–Crippen MR) is 53.2 cm³/mol. The van der Waals surface area contributed by atoms with E-state index in [-0.39, 0.29) is 0 Å². The fourth-order valence-corrected chi connectivity index (χ4v) is 1.18. The Bertz CT molecular complexity index is 86.9. The maximum absolute atomic E-state index is 5.55. The largest absolute Gasteiger partial charge is 0.127 e. The number of rotatable bonds is 7. The lowest BCUT2D eigenvalue weighted by molar-refractivity contribution is 0.676. The van der Waals surface area contributed by atoms with Gasteiger partial charge in [-0.15, -0.1) is 11.6 Å². The number of hydrogen-bond donors (Lipinski definition) is 0. The molecule has 0 aliphatic carbocycles. The summed E-state index contributed by atoms with van der Waals surface area (Å²) in [4.78, 5) is 0. The van der Waals surface area contributed by atoms with E-state index in [2.05, 4.69) is 19.1 Å². The van der Waals surface area contributed by atoms with Crippen LogP contribution in [0.4, 0.5) is 0 Å². The van der Waals surface area contributed by atoms with Crippen LogP contribution in [0.5, 0.6) is 0 Å². The fraction of sp³-hybridized carbons (Fsp3) is 0.800. The fourth-order valence-electron chi connectivity index (χ4n) is 0.995. The Balaban J connectivity index is 2.85. The molecule has 0 saturated heterocycles. The second-order valence-electron chi connectivity index (χ2n) is 2.77. The van der Waals surface area contributed by atoms with E-state index in [1.54, 1.807) is 0 Å². The Morgan fingerprint density at radius 2 is 1.73 bits per heavy atom. The second kappa shape index (κ2) is 10.0. The number of unbranched alkanes of at least 4 members (excludes halogenated alkanes) is 4. The van der Waals surface area contributed by atoms with Crippen molar-refractivity contribution in [2.24, 2.45) is 0 Å². The van der Waals surface area contributed by atoms with Gasteiger partial charge in [-0.3, -0.25) is 0 Å². The minimum absolute atomic E-state index is 0.824. The standard InChI is InChI=1S/C10H19Cl/c1-2-3-4-5-6-7-8-9-10-11/h3-4H,2,5-10H2,1H3/b4-3-. The molecular formula is C10H19Cl. The van der Waals surface area contributed by atoms with Crippen LogP contribution in [0.1, 0.15) is 45.4 Å². The van der Waals surface area contributed by atoms with E-state index in [0.717, 1.165) is 5.88 Å². The van der Waals surface area contributed by atoms with E-state index in [9.17, 15) is 0 Å². The smallest absolute Gasteiger partial charge is 0.0223 e. The lowest BCUT2D eigenvalue weighted by atomic mass is 10.1. The van der Waals surface area contributed by atoms with Crippen LogP contribution >= 0.6 is 11.6 Å². The first kappa shape index (κ1) is 11.0. The van der Waals surface area contributed by atoms with Crippen LogP contribution in [0.25, 0.3) is 0 Å². The summed E-state index contributed by atoms with van der Waals surface area (Å²) < 4.78 is 0. The van der Waals surface area contributed by atoms with Crippen LogP contribution in [-0.4, -0.2) is 5.88 Å². The number of hydrogen-bond acceptors (Lipinski definition) is 0. The van der Waals surface area contributed by atoms with Crippen LogP contribution in [0.3, 0.4) is 0 Å². The first-order chi connectivity index (χ1) is 5.41. The summed E-state index contributed by atoms with van der Waals surface area (Å²) in [7, 11) is 0. The normalized spacial score (nSPS) is 11.1. The van der Waals surface area contributed by atoms with Gasteiger partial charge in [0, 0.05) is 5.88 Å². The molecule has 0 amide bonds. The lowest BCUT2D eigenvalue weighted by Crippen LogP contribution is -1.77. The minimum Gasteiger partial charge on any atom is -0.127 e. The van der Waals surface area contributed by atoms with Crippen molar-refractivity contribution in [2.75, 3.05) is 5.88 Å².